The SMILES string of the molecule is Cc1nnnn1-c1ccc(F)c(NC(=O)c2ccccc2COc2ccccc2)c1. The van der Waals surface area contributed by atoms with Gasteiger partial charge in [-0.25, -0.2) is 4.39 Å². The zero-order valence-corrected chi connectivity index (χ0v) is 16.1. The van der Waals surface area contributed by atoms with Gasteiger partial charge in [0.15, 0.2) is 5.82 Å². The Balaban J connectivity index is 1.55. The average molecular weight is 403 g/mol. The van der Waals surface area contributed by atoms with Crippen molar-refractivity contribution in [2.24, 2.45) is 0 Å². The van der Waals surface area contributed by atoms with E-state index in [1.165, 1.54) is 22.9 Å². The third-order valence-electron chi connectivity index (χ3n) is 4.47. The summed E-state index contributed by atoms with van der Waals surface area (Å²) >= 11 is 0. The van der Waals surface area contributed by atoms with Gasteiger partial charge in [0.1, 0.15) is 18.2 Å². The first-order chi connectivity index (χ1) is 14.6. The van der Waals surface area contributed by atoms with Crippen LogP contribution in [0.4, 0.5) is 10.1 Å². The Labute approximate surface area is 172 Å². The van der Waals surface area contributed by atoms with Crippen LogP contribution in [0, 0.1) is 12.7 Å². The van der Waals surface area contributed by atoms with Crippen LogP contribution in [0.15, 0.2) is 72.8 Å². The fourth-order valence-electron chi connectivity index (χ4n) is 2.95. The molecule has 30 heavy (non-hydrogen) atoms. The van der Waals surface area contributed by atoms with Crippen molar-refractivity contribution in [1.82, 2.24) is 20.2 Å². The number of nitrogens with zero attached hydrogens (tertiary/aromatic N) is 4. The number of tetrazole rings is 1. The van der Waals surface area contributed by atoms with Crippen LogP contribution in [0.1, 0.15) is 21.7 Å². The van der Waals surface area contributed by atoms with Crippen molar-refractivity contribution in [2.45, 2.75) is 13.5 Å². The highest BCUT2D eigenvalue weighted by molar-refractivity contribution is 6.05. The van der Waals surface area contributed by atoms with Crippen LogP contribution in [0.2, 0.25) is 0 Å². The number of carbonyl (C=O) groups excluding carboxylic acids is 1. The Kier molecular flexibility index (Phi) is 5.47. The number of para-hydroxylation sites is 1. The second-order valence-electron chi connectivity index (χ2n) is 6.52. The van der Waals surface area contributed by atoms with Gasteiger partial charge in [0.05, 0.1) is 11.4 Å². The summed E-state index contributed by atoms with van der Waals surface area (Å²) in [5.41, 5.74) is 1.66. The van der Waals surface area contributed by atoms with E-state index in [1.807, 2.05) is 36.4 Å². The molecule has 0 radical (unpaired) electrons. The maximum absolute atomic E-state index is 14.4. The lowest BCUT2D eigenvalue weighted by molar-refractivity contribution is 0.102. The summed E-state index contributed by atoms with van der Waals surface area (Å²) < 4.78 is 21.6. The summed E-state index contributed by atoms with van der Waals surface area (Å²) in [6.45, 7) is 1.94. The highest BCUT2D eigenvalue weighted by atomic mass is 19.1. The van der Waals surface area contributed by atoms with Crippen molar-refractivity contribution in [3.8, 4) is 11.4 Å². The number of benzene rings is 3. The zero-order chi connectivity index (χ0) is 20.9. The van der Waals surface area contributed by atoms with E-state index in [2.05, 4.69) is 20.8 Å². The summed E-state index contributed by atoms with van der Waals surface area (Å²) in [6, 6.07) is 20.6. The molecule has 4 aromatic rings. The monoisotopic (exact) mass is 403 g/mol. The molecule has 1 N–H and O–H groups in total. The average Bonchev–Trinajstić information content (AvgIpc) is 3.20. The van der Waals surface area contributed by atoms with Crippen LogP contribution in [0.25, 0.3) is 5.69 Å². The Morgan fingerprint density at radius 3 is 2.60 bits per heavy atom. The van der Waals surface area contributed by atoms with Crippen LogP contribution in [-0.4, -0.2) is 26.1 Å². The van der Waals surface area contributed by atoms with E-state index in [4.69, 9.17) is 4.74 Å². The van der Waals surface area contributed by atoms with Gasteiger partial charge in [-0.1, -0.05) is 36.4 Å². The summed E-state index contributed by atoms with van der Waals surface area (Å²) in [5.74, 6) is 0.244. The number of aryl methyl sites for hydroxylation is 1. The van der Waals surface area contributed by atoms with E-state index < -0.39 is 11.7 Å². The molecule has 150 valence electrons. The molecule has 0 aliphatic heterocycles. The lowest BCUT2D eigenvalue weighted by atomic mass is 10.1. The summed E-state index contributed by atoms with van der Waals surface area (Å²) in [4.78, 5) is 12.9. The number of amides is 1. The van der Waals surface area contributed by atoms with Crippen LogP contribution in [0.3, 0.4) is 0 Å². The predicted octanol–water partition coefficient (Wildman–Crippen LogP) is 3.94. The number of rotatable bonds is 6. The molecule has 7 nitrogen and oxygen atoms in total. The third kappa shape index (κ3) is 4.17. The molecule has 1 heterocycles. The van der Waals surface area contributed by atoms with Crippen molar-refractivity contribution in [3.05, 3.63) is 95.6 Å². The van der Waals surface area contributed by atoms with Crippen molar-refractivity contribution in [3.63, 3.8) is 0 Å². The van der Waals surface area contributed by atoms with Crippen molar-refractivity contribution in [1.29, 1.82) is 0 Å². The maximum atomic E-state index is 14.4. The van der Waals surface area contributed by atoms with Gasteiger partial charge in [-0.2, -0.15) is 4.68 Å². The van der Waals surface area contributed by atoms with Crippen LogP contribution in [0.5, 0.6) is 5.75 Å². The van der Waals surface area contributed by atoms with Crippen molar-refractivity contribution in [2.75, 3.05) is 5.32 Å². The van der Waals surface area contributed by atoms with E-state index in [0.717, 1.165) is 0 Å². The lowest BCUT2D eigenvalue weighted by Gasteiger charge is -2.13. The fourth-order valence-corrected chi connectivity index (χ4v) is 2.95. The topological polar surface area (TPSA) is 81.9 Å². The number of nitrogens with one attached hydrogen (secondary N) is 1. The molecule has 0 spiro atoms. The van der Waals surface area contributed by atoms with Crippen molar-refractivity contribution >= 4 is 11.6 Å². The number of hydrogen-bond acceptors (Lipinski definition) is 5. The molecule has 3 aromatic carbocycles. The largest absolute Gasteiger partial charge is 0.489 e. The number of hydrogen-bond donors (Lipinski definition) is 1. The van der Waals surface area contributed by atoms with Crippen LogP contribution < -0.4 is 10.1 Å². The summed E-state index contributed by atoms with van der Waals surface area (Å²) in [5, 5.41) is 13.9. The smallest absolute Gasteiger partial charge is 0.256 e. The van der Waals surface area contributed by atoms with Gasteiger partial charge in [0.25, 0.3) is 5.91 Å². The Hall–Kier alpha value is -4.07. The normalized spacial score (nSPS) is 10.6. The minimum absolute atomic E-state index is 0.0335. The van der Waals surface area contributed by atoms with Crippen molar-refractivity contribution < 1.29 is 13.9 Å². The van der Waals surface area contributed by atoms with Gasteiger partial charge in [-0.05, 0) is 53.7 Å². The predicted molar refractivity (Wildman–Crippen MR) is 109 cm³/mol. The summed E-state index contributed by atoms with van der Waals surface area (Å²) in [6.07, 6.45) is 0. The molecule has 0 aliphatic rings. The Morgan fingerprint density at radius 2 is 1.83 bits per heavy atom. The molecular weight excluding hydrogens is 385 g/mol. The quantitative estimate of drug-likeness (QED) is 0.527. The molecule has 1 amide bonds. The van der Waals surface area contributed by atoms with E-state index in [-0.39, 0.29) is 12.3 Å². The van der Waals surface area contributed by atoms with Gasteiger partial charge in [-0.15, -0.1) is 5.10 Å². The summed E-state index contributed by atoms with van der Waals surface area (Å²) in [7, 11) is 0. The lowest BCUT2D eigenvalue weighted by Crippen LogP contribution is -2.16. The van der Waals surface area contributed by atoms with E-state index in [1.54, 1.807) is 25.1 Å². The molecule has 0 atom stereocenters. The first-order valence-corrected chi connectivity index (χ1v) is 9.24. The van der Waals surface area contributed by atoms with Gasteiger partial charge in [0, 0.05) is 11.1 Å². The highest BCUT2D eigenvalue weighted by Gasteiger charge is 2.15. The van der Waals surface area contributed by atoms with Crippen LogP contribution >= 0.6 is 0 Å². The number of ether oxygens (including phenoxy) is 1. The molecule has 0 unspecified atom stereocenters. The standard InChI is InChI=1S/C22H18FN5O2/c1-15-25-26-27-28(15)17-11-12-20(23)21(13-17)24-22(29)19-10-6-5-7-16(19)14-30-18-8-3-2-4-9-18/h2-13H,14H2,1H3,(H,24,29). The number of anilines is 1. The molecule has 0 fully saturated rings. The van der Waals surface area contributed by atoms with Crippen LogP contribution in [-0.2, 0) is 6.61 Å². The molecule has 0 saturated heterocycles. The Bertz CT molecular complexity index is 1180. The van der Waals surface area contributed by atoms with Gasteiger partial charge in [0.2, 0.25) is 0 Å². The van der Waals surface area contributed by atoms with E-state index in [9.17, 15) is 9.18 Å². The second kappa shape index (κ2) is 8.52. The minimum Gasteiger partial charge on any atom is -0.489 e. The first-order valence-electron chi connectivity index (χ1n) is 9.24. The molecule has 4 rings (SSSR count). The molecular formula is C22H18FN5O2. The highest BCUT2D eigenvalue weighted by Crippen LogP contribution is 2.21. The molecule has 0 saturated carbocycles. The van der Waals surface area contributed by atoms with Gasteiger partial charge in [-0.3, -0.25) is 4.79 Å². The molecule has 0 aliphatic carbocycles. The maximum Gasteiger partial charge on any atom is 0.256 e. The number of aromatic nitrogens is 4. The molecule has 1 aromatic heterocycles. The van der Waals surface area contributed by atoms with E-state index >= 15 is 0 Å². The third-order valence-corrected chi connectivity index (χ3v) is 4.47. The zero-order valence-electron chi connectivity index (χ0n) is 16.1. The number of carbonyl (C=O) groups is 1. The molecule has 0 bridgehead atoms. The molecule has 8 heteroatoms. The van der Waals surface area contributed by atoms with Gasteiger partial charge < -0.3 is 10.1 Å². The fraction of sp³-hybridized carbons (Fsp3) is 0.0909. The first kappa shape index (κ1) is 19.3. The second-order valence-corrected chi connectivity index (χ2v) is 6.52. The van der Waals surface area contributed by atoms with E-state index in [0.29, 0.717) is 28.4 Å². The number of halogens is 1. The Morgan fingerprint density at radius 1 is 1.07 bits per heavy atom. The van der Waals surface area contributed by atoms with Gasteiger partial charge >= 0.3 is 0 Å². The minimum atomic E-state index is -0.559.